The molecule has 15 heavy (non-hydrogen) atoms. The van der Waals surface area contributed by atoms with Crippen LogP contribution in [0.2, 0.25) is 0 Å². The van der Waals surface area contributed by atoms with Gasteiger partial charge in [0.2, 0.25) is 0 Å². The Morgan fingerprint density at radius 2 is 1.13 bits per heavy atom. The summed E-state index contributed by atoms with van der Waals surface area (Å²) in [6, 6.07) is 0. The molecule has 0 fully saturated rings. The second-order valence-electron chi connectivity index (χ2n) is 5.27. The molecule has 0 heteroatoms. The van der Waals surface area contributed by atoms with Crippen molar-refractivity contribution in [2.75, 3.05) is 0 Å². The van der Waals surface area contributed by atoms with E-state index in [1.54, 1.807) is 0 Å². The Kier molecular flexibility index (Phi) is 12.2. The second-order valence-corrected chi connectivity index (χ2v) is 5.27. The summed E-state index contributed by atoms with van der Waals surface area (Å²) in [7, 11) is 0. The van der Waals surface area contributed by atoms with Crippen molar-refractivity contribution < 1.29 is 0 Å². The summed E-state index contributed by atoms with van der Waals surface area (Å²) in [5.74, 6) is 3.54. The predicted molar refractivity (Wildman–Crippen MR) is 73.2 cm³/mol. The van der Waals surface area contributed by atoms with Gasteiger partial charge in [0, 0.05) is 0 Å². The smallest absolute Gasteiger partial charge is 0.0363 e. The molecule has 0 aliphatic heterocycles. The summed E-state index contributed by atoms with van der Waals surface area (Å²) >= 11 is 0. The minimum Gasteiger partial charge on any atom is -0.0656 e. The Balaban J connectivity index is 0. The molecule has 0 rings (SSSR count). The molecule has 3 unspecified atom stereocenters. The Bertz CT molecular complexity index is 115. The topological polar surface area (TPSA) is 0 Å². The molecule has 94 valence electrons. The van der Waals surface area contributed by atoms with Crippen LogP contribution in [0.15, 0.2) is 0 Å². The van der Waals surface area contributed by atoms with Crippen LogP contribution in [0.25, 0.3) is 0 Å². The molecule has 0 saturated heterocycles. The monoisotopic (exact) mass is 214 g/mol. The highest BCUT2D eigenvalue weighted by Gasteiger charge is 2.22. The van der Waals surface area contributed by atoms with Gasteiger partial charge in [-0.15, -0.1) is 0 Å². The average molecular weight is 214 g/mol. The molecule has 0 aliphatic rings. The second kappa shape index (κ2) is 10.5. The quantitative estimate of drug-likeness (QED) is 0.545. The normalized spacial score (nSPS) is 16.6. The highest BCUT2D eigenvalue weighted by molar-refractivity contribution is 4.72. The van der Waals surface area contributed by atoms with E-state index >= 15 is 0 Å². The maximum atomic E-state index is 2.41. The van der Waals surface area contributed by atoms with Gasteiger partial charge in [0.1, 0.15) is 0 Å². The van der Waals surface area contributed by atoms with E-state index < -0.39 is 0 Å². The van der Waals surface area contributed by atoms with Gasteiger partial charge in [-0.2, -0.15) is 0 Å². The largest absolute Gasteiger partial charge is 0.0656 e. The van der Waals surface area contributed by atoms with Crippen LogP contribution >= 0.6 is 0 Å². The van der Waals surface area contributed by atoms with Gasteiger partial charge >= 0.3 is 0 Å². The maximum absolute atomic E-state index is 2.41. The fraction of sp³-hybridized carbons (Fsp3) is 1.00. The Morgan fingerprint density at radius 3 is 1.33 bits per heavy atom. The first-order chi connectivity index (χ1) is 6.95. The molecule has 0 saturated carbocycles. The Hall–Kier alpha value is 0. The van der Waals surface area contributed by atoms with Crippen LogP contribution in [-0.2, 0) is 0 Å². The standard InChI is InChI=1S/C12H26.C3H8/c1-7-10(5)12(8-2)11(6)9(3)4;1-3-2/h9-12H,7-8H2,1-6H3;3H2,1-2H3. The molecule has 0 amide bonds. The lowest BCUT2D eigenvalue weighted by Gasteiger charge is -2.30. The first kappa shape index (κ1) is 17.4. The van der Waals surface area contributed by atoms with Crippen molar-refractivity contribution in [2.45, 2.75) is 74.7 Å². The van der Waals surface area contributed by atoms with Gasteiger partial charge in [0.05, 0.1) is 0 Å². The highest BCUT2D eigenvalue weighted by atomic mass is 14.3. The molecule has 0 spiro atoms. The Morgan fingerprint density at radius 1 is 0.733 bits per heavy atom. The molecular formula is C15H34. The van der Waals surface area contributed by atoms with Crippen LogP contribution in [0, 0.1) is 23.7 Å². The van der Waals surface area contributed by atoms with Crippen LogP contribution < -0.4 is 0 Å². The van der Waals surface area contributed by atoms with Crippen molar-refractivity contribution in [3.05, 3.63) is 0 Å². The molecule has 0 nitrogen and oxygen atoms in total. The molecule has 0 radical (unpaired) electrons. The molecule has 0 aliphatic carbocycles. The lowest BCUT2D eigenvalue weighted by Crippen LogP contribution is -2.22. The minimum atomic E-state index is 0.837. The van der Waals surface area contributed by atoms with Crippen molar-refractivity contribution in [1.29, 1.82) is 0 Å². The van der Waals surface area contributed by atoms with E-state index in [0.29, 0.717) is 0 Å². The fourth-order valence-corrected chi connectivity index (χ4v) is 2.09. The average Bonchev–Trinajstić information content (AvgIpc) is 2.19. The van der Waals surface area contributed by atoms with Crippen LogP contribution in [0.3, 0.4) is 0 Å². The molecule has 0 aromatic heterocycles. The molecular weight excluding hydrogens is 180 g/mol. The summed E-state index contributed by atoms with van der Waals surface area (Å²) in [4.78, 5) is 0. The molecule has 0 heterocycles. The van der Waals surface area contributed by atoms with Crippen molar-refractivity contribution in [2.24, 2.45) is 23.7 Å². The van der Waals surface area contributed by atoms with Gasteiger partial charge in [0.25, 0.3) is 0 Å². The third kappa shape index (κ3) is 7.88. The van der Waals surface area contributed by atoms with Crippen LogP contribution in [-0.4, -0.2) is 0 Å². The fourth-order valence-electron chi connectivity index (χ4n) is 2.09. The first-order valence-electron chi connectivity index (χ1n) is 6.95. The summed E-state index contributed by atoms with van der Waals surface area (Å²) in [6.45, 7) is 18.4. The van der Waals surface area contributed by atoms with Crippen molar-refractivity contribution in [3.63, 3.8) is 0 Å². The predicted octanol–water partition coefficient (Wildman–Crippen LogP) is 5.77. The van der Waals surface area contributed by atoms with E-state index in [2.05, 4.69) is 55.4 Å². The summed E-state index contributed by atoms with van der Waals surface area (Å²) in [5.41, 5.74) is 0. The first-order valence-corrected chi connectivity index (χ1v) is 6.95. The molecule has 0 aromatic rings. The van der Waals surface area contributed by atoms with Gasteiger partial charge in [-0.25, -0.2) is 0 Å². The summed E-state index contributed by atoms with van der Waals surface area (Å²) in [5, 5.41) is 0. The third-order valence-corrected chi connectivity index (χ3v) is 3.57. The zero-order valence-corrected chi connectivity index (χ0v) is 12.4. The van der Waals surface area contributed by atoms with Gasteiger partial charge in [-0.1, -0.05) is 74.7 Å². The number of hydrogen-bond acceptors (Lipinski definition) is 0. The zero-order chi connectivity index (χ0) is 12.4. The van der Waals surface area contributed by atoms with Crippen molar-refractivity contribution >= 4 is 0 Å². The van der Waals surface area contributed by atoms with Crippen LogP contribution in [0.1, 0.15) is 74.7 Å². The number of rotatable bonds is 5. The maximum Gasteiger partial charge on any atom is -0.0363 e. The van der Waals surface area contributed by atoms with Crippen LogP contribution in [0.5, 0.6) is 0 Å². The summed E-state index contributed by atoms with van der Waals surface area (Å²) in [6.07, 6.45) is 3.92. The highest BCUT2D eigenvalue weighted by Crippen LogP contribution is 2.31. The SMILES string of the molecule is CCC.CCC(C)C(CC)C(C)C(C)C. The van der Waals surface area contributed by atoms with Gasteiger partial charge in [0.15, 0.2) is 0 Å². The third-order valence-electron chi connectivity index (χ3n) is 3.57. The van der Waals surface area contributed by atoms with Gasteiger partial charge in [-0.05, 0) is 23.7 Å². The van der Waals surface area contributed by atoms with E-state index in [1.807, 2.05) is 0 Å². The molecule has 0 N–H and O–H groups in total. The Labute approximate surface area is 98.9 Å². The van der Waals surface area contributed by atoms with Gasteiger partial charge < -0.3 is 0 Å². The number of hydrogen-bond donors (Lipinski definition) is 0. The zero-order valence-electron chi connectivity index (χ0n) is 12.4. The van der Waals surface area contributed by atoms with Gasteiger partial charge in [-0.3, -0.25) is 0 Å². The van der Waals surface area contributed by atoms with Crippen LogP contribution in [0.4, 0.5) is 0 Å². The molecule has 0 bridgehead atoms. The lowest BCUT2D eigenvalue weighted by molar-refractivity contribution is 0.193. The molecule has 0 aromatic carbocycles. The van der Waals surface area contributed by atoms with E-state index in [0.717, 1.165) is 23.7 Å². The summed E-state index contributed by atoms with van der Waals surface area (Å²) < 4.78 is 0. The molecule has 3 atom stereocenters. The minimum absolute atomic E-state index is 0.837. The van der Waals surface area contributed by atoms with E-state index in [-0.39, 0.29) is 0 Å². The lowest BCUT2D eigenvalue weighted by atomic mass is 9.75. The van der Waals surface area contributed by atoms with E-state index in [4.69, 9.17) is 0 Å². The van der Waals surface area contributed by atoms with Crippen molar-refractivity contribution in [1.82, 2.24) is 0 Å². The van der Waals surface area contributed by atoms with Crippen molar-refractivity contribution in [3.8, 4) is 0 Å². The van der Waals surface area contributed by atoms with E-state index in [9.17, 15) is 0 Å². The van der Waals surface area contributed by atoms with E-state index in [1.165, 1.54) is 19.3 Å².